The standard InChI is InChI=1S/C9H8O2.2C8H17.Bi/c1-2-7-3-5-8(6-4-7)9(10)11;2*1-3-5-7-8-6-4-2;/h2-6H,1H2,(H,10,11);2*1,3-8H2,2H3;/q;;;+1/p-1. The van der Waals surface area contributed by atoms with Crippen LogP contribution in [0.5, 0.6) is 0 Å². The number of benzene rings is 1. The molecular weight excluding hydrogens is 541 g/mol. The van der Waals surface area contributed by atoms with Crippen molar-refractivity contribution in [2.75, 3.05) is 0 Å². The van der Waals surface area contributed by atoms with Crippen LogP contribution >= 0.6 is 0 Å². The Kier molecular flexibility index (Phi) is 20.5. The Hall–Kier alpha value is -0.687. The second-order valence-corrected chi connectivity index (χ2v) is 12.5. The molecule has 0 amide bonds. The molecule has 1 rings (SSSR count). The van der Waals surface area contributed by atoms with Gasteiger partial charge in [-0.15, -0.1) is 0 Å². The average Bonchev–Trinajstić information content (AvgIpc) is 2.72. The molecule has 0 saturated heterocycles. The summed E-state index contributed by atoms with van der Waals surface area (Å²) in [5, 5.41) is 10.3. The van der Waals surface area contributed by atoms with Gasteiger partial charge in [-0.25, -0.2) is 0 Å². The number of hydrogen-bond acceptors (Lipinski definition) is 2. The van der Waals surface area contributed by atoms with Crippen LogP contribution < -0.4 is 5.11 Å². The van der Waals surface area contributed by atoms with Crippen molar-refractivity contribution in [1.29, 1.82) is 0 Å². The molecular formula is C25H41BiO2. The summed E-state index contributed by atoms with van der Waals surface area (Å²) < 4.78 is 3.34. The fourth-order valence-electron chi connectivity index (χ4n) is 2.87. The van der Waals surface area contributed by atoms with Gasteiger partial charge in [0.1, 0.15) is 0 Å². The second-order valence-electron chi connectivity index (χ2n) is 7.32. The third kappa shape index (κ3) is 17.4. The van der Waals surface area contributed by atoms with Gasteiger partial charge in [-0.2, -0.15) is 0 Å². The number of unbranched alkanes of at least 4 members (excludes halogenated alkanes) is 10. The van der Waals surface area contributed by atoms with Crippen LogP contribution in [0.4, 0.5) is 0 Å². The number of carbonyl (C=O) groups excluding carboxylic acids is 1. The number of carboxylic acid groups (broad SMARTS) is 1. The molecule has 0 atom stereocenters. The van der Waals surface area contributed by atoms with Crippen LogP contribution in [-0.2, 0) is 0 Å². The minimum atomic E-state index is -1.15. The maximum atomic E-state index is 10.3. The van der Waals surface area contributed by atoms with Gasteiger partial charge in [0.15, 0.2) is 0 Å². The van der Waals surface area contributed by atoms with Gasteiger partial charge >= 0.3 is 122 Å². The Morgan fingerprint density at radius 2 is 1.25 bits per heavy atom. The van der Waals surface area contributed by atoms with Crippen LogP contribution in [0.1, 0.15) is 107 Å². The third-order valence-corrected chi connectivity index (χ3v) is 9.64. The van der Waals surface area contributed by atoms with E-state index in [1.54, 1.807) is 39.3 Å². The van der Waals surface area contributed by atoms with Crippen LogP contribution in [0.3, 0.4) is 0 Å². The Bertz CT molecular complexity index is 468. The van der Waals surface area contributed by atoms with E-state index >= 15 is 0 Å². The van der Waals surface area contributed by atoms with E-state index in [0.29, 0.717) is 0 Å². The molecule has 2 radical (unpaired) electrons. The minimum absolute atomic E-state index is 0.0142. The van der Waals surface area contributed by atoms with Gasteiger partial charge in [0.05, 0.1) is 5.97 Å². The Balaban J connectivity index is 0.000000567. The number of rotatable bonds is 16. The third-order valence-electron chi connectivity index (χ3n) is 4.72. The van der Waals surface area contributed by atoms with Crippen LogP contribution in [0.2, 0.25) is 8.26 Å². The molecule has 158 valence electrons. The predicted octanol–water partition coefficient (Wildman–Crippen LogP) is 6.94. The van der Waals surface area contributed by atoms with Crippen molar-refractivity contribution in [3.63, 3.8) is 0 Å². The van der Waals surface area contributed by atoms with Gasteiger partial charge in [-0.3, -0.25) is 0 Å². The first-order valence-corrected chi connectivity index (χ1v) is 16.1. The number of carbonyl (C=O) groups is 1. The van der Waals surface area contributed by atoms with Crippen LogP contribution in [0.25, 0.3) is 6.08 Å². The van der Waals surface area contributed by atoms with Crippen LogP contribution in [-0.4, -0.2) is 29.2 Å². The molecule has 0 fully saturated rings. The topological polar surface area (TPSA) is 40.1 Å². The van der Waals surface area contributed by atoms with Gasteiger partial charge < -0.3 is 9.90 Å². The fourth-order valence-corrected chi connectivity index (χ4v) is 7.22. The van der Waals surface area contributed by atoms with E-state index in [1.165, 1.54) is 76.3 Å². The molecule has 0 aliphatic rings. The molecule has 28 heavy (non-hydrogen) atoms. The summed E-state index contributed by atoms with van der Waals surface area (Å²) >= 11 is -0.0142. The summed E-state index contributed by atoms with van der Waals surface area (Å²) in [6, 6.07) is 6.34. The molecule has 2 nitrogen and oxygen atoms in total. The van der Waals surface area contributed by atoms with Gasteiger partial charge in [0.2, 0.25) is 0 Å². The van der Waals surface area contributed by atoms with E-state index in [9.17, 15) is 9.90 Å². The number of hydrogen-bond donors (Lipinski definition) is 0. The number of carboxylic acids is 1. The molecule has 0 N–H and O–H groups in total. The first-order chi connectivity index (χ1) is 13.7. The van der Waals surface area contributed by atoms with Crippen LogP contribution in [0, 0.1) is 0 Å². The van der Waals surface area contributed by atoms with Crippen molar-refractivity contribution < 1.29 is 9.90 Å². The average molecular weight is 583 g/mol. The van der Waals surface area contributed by atoms with Gasteiger partial charge in [0.25, 0.3) is 0 Å². The van der Waals surface area contributed by atoms with E-state index < -0.39 is 5.97 Å². The summed E-state index contributed by atoms with van der Waals surface area (Å²) in [5.74, 6) is -1.15. The van der Waals surface area contributed by atoms with Crippen molar-refractivity contribution >= 4 is 35.3 Å². The molecule has 1 aromatic rings. The zero-order chi connectivity index (χ0) is 20.9. The zero-order valence-corrected chi connectivity index (χ0v) is 21.7. The SMILES string of the molecule is C=Cc1ccc(C(=O)[O-])cc1.CCCCCCC[CH2][Bi+][CH2]CCCCCCC. The summed E-state index contributed by atoms with van der Waals surface area (Å²) in [6.07, 6.45) is 19.5. The molecule has 3 heteroatoms. The Labute approximate surface area is 185 Å². The predicted molar refractivity (Wildman–Crippen MR) is 123 cm³/mol. The quantitative estimate of drug-likeness (QED) is 0.157. The maximum absolute atomic E-state index is 10.3. The summed E-state index contributed by atoms with van der Waals surface area (Å²) in [7, 11) is 0. The first-order valence-electron chi connectivity index (χ1n) is 11.2. The molecule has 0 saturated carbocycles. The summed E-state index contributed by atoms with van der Waals surface area (Å²) in [4.78, 5) is 10.3. The molecule has 0 bridgehead atoms. The van der Waals surface area contributed by atoms with E-state index in [0.717, 1.165) is 5.56 Å². The Morgan fingerprint density at radius 1 is 0.821 bits per heavy atom. The summed E-state index contributed by atoms with van der Waals surface area (Å²) in [6.45, 7) is 8.14. The van der Waals surface area contributed by atoms with Gasteiger partial charge in [-0.1, -0.05) is 36.9 Å². The van der Waals surface area contributed by atoms with Crippen molar-refractivity contribution in [3.05, 3.63) is 42.0 Å². The van der Waals surface area contributed by atoms with E-state index in [-0.39, 0.29) is 28.8 Å². The molecule has 1 aromatic carbocycles. The zero-order valence-electron chi connectivity index (χ0n) is 18.3. The second kappa shape index (κ2) is 21.0. The van der Waals surface area contributed by atoms with Gasteiger partial charge in [-0.05, 0) is 11.1 Å². The summed E-state index contributed by atoms with van der Waals surface area (Å²) in [5.41, 5.74) is 1.09. The normalized spacial score (nSPS) is 10.2. The van der Waals surface area contributed by atoms with E-state index in [2.05, 4.69) is 20.4 Å². The first kappa shape index (κ1) is 27.3. The molecule has 0 heterocycles. The van der Waals surface area contributed by atoms with Crippen molar-refractivity contribution in [1.82, 2.24) is 0 Å². The Morgan fingerprint density at radius 3 is 1.64 bits per heavy atom. The van der Waals surface area contributed by atoms with Crippen molar-refractivity contribution in [2.45, 2.75) is 99.2 Å². The van der Waals surface area contributed by atoms with Crippen molar-refractivity contribution in [3.8, 4) is 0 Å². The number of aromatic carboxylic acids is 1. The van der Waals surface area contributed by atoms with E-state index in [1.807, 2.05) is 0 Å². The van der Waals surface area contributed by atoms with Gasteiger partial charge in [0, 0.05) is 0 Å². The molecule has 0 aliphatic heterocycles. The molecule has 0 spiro atoms. The fraction of sp³-hybridized carbons (Fsp3) is 0.640. The molecule has 0 unspecified atom stereocenters. The molecule has 0 aliphatic carbocycles. The van der Waals surface area contributed by atoms with Crippen molar-refractivity contribution in [2.24, 2.45) is 0 Å². The molecule has 0 aromatic heterocycles. The monoisotopic (exact) mass is 582 g/mol. The van der Waals surface area contributed by atoms with Crippen LogP contribution in [0.15, 0.2) is 30.8 Å². The van der Waals surface area contributed by atoms with E-state index in [4.69, 9.17) is 0 Å².